The molecule has 6 nitrogen and oxygen atoms in total. The number of rotatable bonds is 5. The van der Waals surface area contributed by atoms with E-state index in [-0.39, 0.29) is 0 Å². The predicted molar refractivity (Wildman–Crippen MR) is 140 cm³/mol. The molecule has 2 aliphatic heterocycles. The third-order valence-corrected chi connectivity index (χ3v) is 7.06. The molecule has 0 radical (unpaired) electrons. The summed E-state index contributed by atoms with van der Waals surface area (Å²) in [5, 5.41) is 8.38. The van der Waals surface area contributed by atoms with Crippen molar-refractivity contribution in [3.05, 3.63) is 75.0 Å². The summed E-state index contributed by atoms with van der Waals surface area (Å²) in [5.41, 5.74) is 4.86. The fraction of sp³-hybridized carbons (Fsp3) is 0.385. The van der Waals surface area contributed by atoms with Crippen molar-refractivity contribution in [3.63, 3.8) is 0 Å². The molecule has 8 heteroatoms. The van der Waals surface area contributed by atoms with Gasteiger partial charge >= 0.3 is 0 Å². The van der Waals surface area contributed by atoms with E-state index < -0.39 is 0 Å². The maximum absolute atomic E-state index is 6.48. The van der Waals surface area contributed by atoms with Gasteiger partial charge < -0.3 is 14.5 Å². The Hall–Kier alpha value is -2.54. The topological polar surface area (TPSA) is 44.2 Å². The molecule has 3 aliphatic rings. The molecule has 3 heterocycles. The molecule has 34 heavy (non-hydrogen) atoms. The number of hydrazone groups is 1. The molecular formula is C26H29Cl2N5O. The zero-order chi connectivity index (χ0) is 23.3. The summed E-state index contributed by atoms with van der Waals surface area (Å²) in [6, 6.07) is 11.7. The van der Waals surface area contributed by atoms with E-state index in [0.717, 1.165) is 76.7 Å². The number of morpholine rings is 1. The highest BCUT2D eigenvalue weighted by Gasteiger charge is 2.26. The van der Waals surface area contributed by atoms with Crippen LogP contribution in [0, 0.1) is 0 Å². The van der Waals surface area contributed by atoms with Gasteiger partial charge in [-0.2, -0.15) is 5.10 Å². The van der Waals surface area contributed by atoms with E-state index >= 15 is 0 Å². The Morgan fingerprint density at radius 1 is 0.912 bits per heavy atom. The van der Waals surface area contributed by atoms with Crippen molar-refractivity contribution in [2.75, 3.05) is 57.4 Å². The lowest BCUT2D eigenvalue weighted by atomic mass is 10.1. The summed E-state index contributed by atoms with van der Waals surface area (Å²) in [4.78, 5) is 9.23. The molecule has 178 valence electrons. The second-order valence-corrected chi connectivity index (χ2v) is 9.53. The van der Waals surface area contributed by atoms with E-state index in [4.69, 9.17) is 33.0 Å². The van der Waals surface area contributed by atoms with Crippen molar-refractivity contribution >= 4 is 41.3 Å². The van der Waals surface area contributed by atoms with Crippen LogP contribution in [-0.4, -0.2) is 73.6 Å². The first-order chi connectivity index (χ1) is 16.7. The maximum Gasteiger partial charge on any atom is 0.128 e. The second kappa shape index (κ2) is 10.8. The highest BCUT2D eigenvalue weighted by atomic mass is 35.5. The summed E-state index contributed by atoms with van der Waals surface area (Å²) in [6.45, 7) is 6.89. The van der Waals surface area contributed by atoms with Gasteiger partial charge in [-0.3, -0.25) is 5.01 Å². The average Bonchev–Trinajstić information content (AvgIpc) is 3.28. The van der Waals surface area contributed by atoms with Crippen LogP contribution in [0.3, 0.4) is 0 Å². The number of benzene rings is 1. The molecule has 0 unspecified atom stereocenters. The Morgan fingerprint density at radius 2 is 1.74 bits per heavy atom. The van der Waals surface area contributed by atoms with E-state index in [2.05, 4.69) is 38.1 Å². The highest BCUT2D eigenvalue weighted by molar-refractivity contribution is 6.35. The molecule has 1 aromatic carbocycles. The van der Waals surface area contributed by atoms with Crippen molar-refractivity contribution in [2.45, 2.75) is 12.8 Å². The van der Waals surface area contributed by atoms with Crippen molar-refractivity contribution in [2.24, 2.45) is 5.10 Å². The van der Waals surface area contributed by atoms with Crippen LogP contribution in [-0.2, 0) is 4.74 Å². The number of hydrogen-bond acceptors (Lipinski definition) is 6. The van der Waals surface area contributed by atoms with Crippen LogP contribution in [0.1, 0.15) is 18.4 Å². The van der Waals surface area contributed by atoms with Crippen LogP contribution < -0.4 is 4.90 Å². The minimum atomic E-state index is 0.651. The van der Waals surface area contributed by atoms with Crippen LogP contribution in [0.15, 0.2) is 64.5 Å². The maximum atomic E-state index is 6.48. The van der Waals surface area contributed by atoms with Crippen molar-refractivity contribution in [1.82, 2.24) is 14.9 Å². The van der Waals surface area contributed by atoms with Gasteiger partial charge in [-0.1, -0.05) is 35.3 Å². The summed E-state index contributed by atoms with van der Waals surface area (Å²) in [7, 11) is 0. The van der Waals surface area contributed by atoms with Crippen molar-refractivity contribution in [1.29, 1.82) is 0 Å². The lowest BCUT2D eigenvalue weighted by Gasteiger charge is -2.34. The quantitative estimate of drug-likeness (QED) is 0.546. The number of nitrogens with zero attached hydrogens (tertiary/aromatic N) is 5. The summed E-state index contributed by atoms with van der Waals surface area (Å²) in [5.74, 6) is 1.04. The lowest BCUT2D eigenvalue weighted by molar-refractivity contribution is 0.0548. The zero-order valence-corrected chi connectivity index (χ0v) is 20.7. The number of piperazine rings is 1. The van der Waals surface area contributed by atoms with Gasteiger partial charge in [0.1, 0.15) is 5.82 Å². The number of anilines is 1. The Balaban J connectivity index is 1.34. The molecule has 0 amide bonds. The van der Waals surface area contributed by atoms with Crippen LogP contribution in [0.25, 0.3) is 6.08 Å². The first kappa shape index (κ1) is 23.2. The van der Waals surface area contributed by atoms with E-state index in [1.165, 1.54) is 16.8 Å². The molecular weight excluding hydrogens is 469 g/mol. The number of aromatic nitrogens is 1. The fourth-order valence-corrected chi connectivity index (χ4v) is 5.17. The predicted octanol–water partition coefficient (Wildman–Crippen LogP) is 4.96. The molecule has 0 bridgehead atoms. The first-order valence-electron chi connectivity index (χ1n) is 11.8. The average molecular weight is 498 g/mol. The van der Waals surface area contributed by atoms with Crippen LogP contribution in [0.2, 0.25) is 10.0 Å². The number of hydrogen-bond donors (Lipinski definition) is 0. The Labute approximate surface area is 211 Å². The summed E-state index contributed by atoms with van der Waals surface area (Å²) >= 11 is 12.6. The molecule has 0 atom stereocenters. The van der Waals surface area contributed by atoms with Gasteiger partial charge in [-0.15, -0.1) is 0 Å². The van der Waals surface area contributed by atoms with E-state index in [0.29, 0.717) is 10.0 Å². The Morgan fingerprint density at radius 3 is 2.47 bits per heavy atom. The third-order valence-electron chi connectivity index (χ3n) is 6.50. The van der Waals surface area contributed by atoms with Crippen LogP contribution in [0.4, 0.5) is 5.82 Å². The number of ether oxygens (including phenoxy) is 1. The SMILES string of the molecule is Clc1ccc(/C=C2\CCC(/C=N/N3CCN(c4ccccn4)CC3)=C2N2CCOCC2)c(Cl)c1. The van der Waals surface area contributed by atoms with Crippen molar-refractivity contribution < 1.29 is 4.74 Å². The molecule has 2 fully saturated rings. The largest absolute Gasteiger partial charge is 0.378 e. The standard InChI is InChI=1S/C26H29Cl2N5O/c27-23-7-6-20(24(28)18-23)17-21-4-5-22(26(21)32-13-15-34-16-14-32)19-30-33-11-9-31(10-12-33)25-3-1-2-8-29-25/h1-3,6-8,17-19H,4-5,9-16H2/b21-17+,30-19+. The van der Waals surface area contributed by atoms with E-state index in [1.54, 1.807) is 6.07 Å². The Bertz CT molecular complexity index is 1090. The number of pyridine rings is 1. The molecule has 0 N–H and O–H groups in total. The van der Waals surface area contributed by atoms with Gasteiger partial charge in [0.25, 0.3) is 0 Å². The second-order valence-electron chi connectivity index (χ2n) is 8.68. The minimum absolute atomic E-state index is 0.651. The molecule has 0 saturated carbocycles. The zero-order valence-electron chi connectivity index (χ0n) is 19.2. The molecule has 0 spiro atoms. The molecule has 2 saturated heterocycles. The Kier molecular flexibility index (Phi) is 7.38. The highest BCUT2D eigenvalue weighted by Crippen LogP contribution is 2.36. The van der Waals surface area contributed by atoms with Gasteiger partial charge in [0.2, 0.25) is 0 Å². The van der Waals surface area contributed by atoms with E-state index in [1.807, 2.05) is 30.5 Å². The molecule has 5 rings (SSSR count). The minimum Gasteiger partial charge on any atom is -0.378 e. The van der Waals surface area contributed by atoms with Gasteiger partial charge in [0, 0.05) is 48.1 Å². The van der Waals surface area contributed by atoms with Gasteiger partial charge in [-0.25, -0.2) is 4.98 Å². The number of halogens is 2. The third kappa shape index (κ3) is 5.40. The smallest absolute Gasteiger partial charge is 0.128 e. The van der Waals surface area contributed by atoms with Gasteiger partial charge in [0.05, 0.1) is 32.5 Å². The summed E-state index contributed by atoms with van der Waals surface area (Å²) in [6.07, 6.45) is 8.07. The van der Waals surface area contributed by atoms with Crippen LogP contribution >= 0.6 is 23.2 Å². The van der Waals surface area contributed by atoms with Crippen LogP contribution in [0.5, 0.6) is 0 Å². The molecule has 1 aromatic heterocycles. The monoisotopic (exact) mass is 497 g/mol. The normalized spacial score (nSPS) is 20.8. The molecule has 1 aliphatic carbocycles. The lowest BCUT2D eigenvalue weighted by Crippen LogP contribution is -2.44. The van der Waals surface area contributed by atoms with Crippen molar-refractivity contribution in [3.8, 4) is 0 Å². The summed E-state index contributed by atoms with van der Waals surface area (Å²) < 4.78 is 5.61. The van der Waals surface area contributed by atoms with Gasteiger partial charge in [0.15, 0.2) is 0 Å². The fourth-order valence-electron chi connectivity index (χ4n) is 4.71. The van der Waals surface area contributed by atoms with E-state index in [9.17, 15) is 0 Å². The first-order valence-corrected chi connectivity index (χ1v) is 12.6. The van der Waals surface area contributed by atoms with Gasteiger partial charge in [-0.05, 0) is 59.9 Å². The number of allylic oxidation sites excluding steroid dienone is 2. The molecule has 2 aromatic rings.